The molecule has 1 heterocycles. The molecule has 0 amide bonds. The van der Waals surface area contributed by atoms with E-state index in [2.05, 4.69) is 17.4 Å². The molecule has 0 radical (unpaired) electrons. The van der Waals surface area contributed by atoms with E-state index < -0.39 is 0 Å². The van der Waals surface area contributed by atoms with Gasteiger partial charge in [-0.3, -0.25) is 4.79 Å². The number of hydrogen-bond donors (Lipinski definition) is 1. The van der Waals surface area contributed by atoms with Crippen molar-refractivity contribution in [2.45, 2.75) is 31.7 Å². The van der Waals surface area contributed by atoms with Gasteiger partial charge in [0.1, 0.15) is 0 Å². The first-order valence-electron chi connectivity index (χ1n) is 6.66. The van der Waals surface area contributed by atoms with Crippen LogP contribution in [-0.4, -0.2) is 25.7 Å². The van der Waals surface area contributed by atoms with Gasteiger partial charge in [0, 0.05) is 6.04 Å². The fraction of sp³-hybridized carbons (Fsp3) is 0.533. The average molecular weight is 247 g/mol. The molecule has 0 aliphatic carbocycles. The van der Waals surface area contributed by atoms with Crippen LogP contribution in [0.25, 0.3) is 0 Å². The van der Waals surface area contributed by atoms with Gasteiger partial charge in [0.05, 0.1) is 13.0 Å². The molecule has 1 aromatic carbocycles. The lowest BCUT2D eigenvalue weighted by atomic mass is 9.87. The Balaban J connectivity index is 2.07. The smallest absolute Gasteiger partial charge is 0.310 e. The van der Waals surface area contributed by atoms with Gasteiger partial charge < -0.3 is 10.1 Å². The summed E-state index contributed by atoms with van der Waals surface area (Å²) in [4.78, 5) is 12.0. The lowest BCUT2D eigenvalue weighted by Gasteiger charge is -2.29. The topological polar surface area (TPSA) is 38.3 Å². The van der Waals surface area contributed by atoms with Crippen molar-refractivity contribution in [1.82, 2.24) is 5.32 Å². The number of rotatable bonds is 4. The molecule has 0 saturated carbocycles. The summed E-state index contributed by atoms with van der Waals surface area (Å²) in [6.45, 7) is 1.01. The molecule has 18 heavy (non-hydrogen) atoms. The number of methoxy groups -OCH3 is 1. The molecular weight excluding hydrogens is 226 g/mol. The van der Waals surface area contributed by atoms with E-state index in [9.17, 15) is 4.79 Å². The van der Waals surface area contributed by atoms with Gasteiger partial charge in [0.2, 0.25) is 0 Å². The van der Waals surface area contributed by atoms with E-state index >= 15 is 0 Å². The molecular formula is C15H21NO2. The van der Waals surface area contributed by atoms with Crippen molar-refractivity contribution < 1.29 is 9.53 Å². The Labute approximate surface area is 109 Å². The number of carbonyl (C=O) groups excluding carboxylic acids is 1. The Morgan fingerprint density at radius 1 is 1.39 bits per heavy atom. The van der Waals surface area contributed by atoms with Crippen molar-refractivity contribution >= 4 is 5.97 Å². The number of benzene rings is 1. The summed E-state index contributed by atoms with van der Waals surface area (Å²) in [5, 5.41) is 3.45. The minimum atomic E-state index is -0.0988. The highest BCUT2D eigenvalue weighted by molar-refractivity contribution is 5.73. The number of piperidine rings is 1. The van der Waals surface area contributed by atoms with E-state index in [-0.39, 0.29) is 17.9 Å². The fourth-order valence-corrected chi connectivity index (χ4v) is 2.63. The third kappa shape index (κ3) is 3.33. The zero-order valence-corrected chi connectivity index (χ0v) is 10.9. The van der Waals surface area contributed by atoms with Crippen LogP contribution in [0.1, 0.15) is 24.8 Å². The van der Waals surface area contributed by atoms with Crippen LogP contribution in [0.2, 0.25) is 0 Å². The standard InChI is InChI=1S/C15H21NO2/c1-18-15(17)13(14-9-5-6-10-16-14)11-12-7-3-2-4-8-12/h2-4,7-8,13-14,16H,5-6,9-11H2,1H3/t13-,14-/m0/s1. The van der Waals surface area contributed by atoms with Gasteiger partial charge in [0.25, 0.3) is 0 Å². The first kappa shape index (κ1) is 13.1. The van der Waals surface area contributed by atoms with Crippen LogP contribution in [0.15, 0.2) is 30.3 Å². The summed E-state index contributed by atoms with van der Waals surface area (Å²) in [5.74, 6) is -0.170. The van der Waals surface area contributed by atoms with E-state index in [0.29, 0.717) is 0 Å². The molecule has 0 bridgehead atoms. The van der Waals surface area contributed by atoms with E-state index in [4.69, 9.17) is 4.74 Å². The third-order valence-corrected chi connectivity index (χ3v) is 3.64. The maximum absolute atomic E-state index is 12.0. The van der Waals surface area contributed by atoms with E-state index in [1.807, 2.05) is 18.2 Å². The van der Waals surface area contributed by atoms with Gasteiger partial charge >= 0.3 is 5.97 Å². The van der Waals surface area contributed by atoms with Crippen molar-refractivity contribution in [2.75, 3.05) is 13.7 Å². The summed E-state index contributed by atoms with van der Waals surface area (Å²) in [5.41, 5.74) is 1.19. The minimum Gasteiger partial charge on any atom is -0.469 e. The predicted octanol–water partition coefficient (Wildman–Crippen LogP) is 2.16. The third-order valence-electron chi connectivity index (χ3n) is 3.64. The second kappa shape index (κ2) is 6.55. The van der Waals surface area contributed by atoms with Crippen LogP contribution in [0, 0.1) is 5.92 Å². The van der Waals surface area contributed by atoms with Crippen molar-refractivity contribution in [2.24, 2.45) is 5.92 Å². The largest absolute Gasteiger partial charge is 0.469 e. The zero-order chi connectivity index (χ0) is 12.8. The molecule has 1 aromatic rings. The Bertz CT molecular complexity index is 371. The van der Waals surface area contributed by atoms with Gasteiger partial charge in [-0.1, -0.05) is 36.8 Å². The number of nitrogens with one attached hydrogen (secondary N) is 1. The Hall–Kier alpha value is -1.35. The van der Waals surface area contributed by atoms with Crippen LogP contribution < -0.4 is 5.32 Å². The maximum atomic E-state index is 12.0. The second-order valence-corrected chi connectivity index (χ2v) is 4.88. The van der Waals surface area contributed by atoms with Gasteiger partial charge in [-0.2, -0.15) is 0 Å². The van der Waals surface area contributed by atoms with Crippen molar-refractivity contribution in [3.8, 4) is 0 Å². The molecule has 1 aliphatic heterocycles. The average Bonchev–Trinajstić information content (AvgIpc) is 2.46. The maximum Gasteiger partial charge on any atom is 0.310 e. The van der Waals surface area contributed by atoms with Crippen molar-refractivity contribution in [3.05, 3.63) is 35.9 Å². The molecule has 3 nitrogen and oxygen atoms in total. The van der Waals surface area contributed by atoms with Crippen LogP contribution in [0.3, 0.4) is 0 Å². The molecule has 0 spiro atoms. The lowest BCUT2D eigenvalue weighted by Crippen LogP contribution is -2.44. The number of hydrogen-bond acceptors (Lipinski definition) is 3. The van der Waals surface area contributed by atoms with Crippen LogP contribution in [-0.2, 0) is 16.0 Å². The molecule has 1 N–H and O–H groups in total. The SMILES string of the molecule is COC(=O)[C@@H](Cc1ccccc1)[C@@H]1CCCCN1. The first-order chi connectivity index (χ1) is 8.81. The van der Waals surface area contributed by atoms with Gasteiger partial charge in [0.15, 0.2) is 0 Å². The lowest BCUT2D eigenvalue weighted by molar-refractivity contribution is -0.146. The molecule has 0 aromatic heterocycles. The molecule has 0 unspecified atom stereocenters. The van der Waals surface area contributed by atoms with Crippen molar-refractivity contribution in [3.63, 3.8) is 0 Å². The van der Waals surface area contributed by atoms with Gasteiger partial charge in [-0.25, -0.2) is 0 Å². The molecule has 3 heteroatoms. The summed E-state index contributed by atoms with van der Waals surface area (Å²) in [6.07, 6.45) is 4.22. The summed E-state index contributed by atoms with van der Waals surface area (Å²) in [7, 11) is 1.48. The molecule has 1 fully saturated rings. The monoisotopic (exact) mass is 247 g/mol. The number of esters is 1. The first-order valence-corrected chi connectivity index (χ1v) is 6.66. The summed E-state index contributed by atoms with van der Waals surface area (Å²) in [6, 6.07) is 10.4. The number of carbonyl (C=O) groups is 1. The second-order valence-electron chi connectivity index (χ2n) is 4.88. The quantitative estimate of drug-likeness (QED) is 0.829. The van der Waals surface area contributed by atoms with E-state index in [0.717, 1.165) is 19.4 Å². The Morgan fingerprint density at radius 2 is 2.17 bits per heavy atom. The highest BCUT2D eigenvalue weighted by atomic mass is 16.5. The Kier molecular flexibility index (Phi) is 4.76. The highest BCUT2D eigenvalue weighted by Gasteiger charge is 2.30. The van der Waals surface area contributed by atoms with Gasteiger partial charge in [-0.15, -0.1) is 0 Å². The molecule has 2 rings (SSSR count). The minimum absolute atomic E-state index is 0.0716. The Morgan fingerprint density at radius 3 is 2.78 bits per heavy atom. The molecule has 98 valence electrons. The van der Waals surface area contributed by atoms with Crippen molar-refractivity contribution in [1.29, 1.82) is 0 Å². The van der Waals surface area contributed by atoms with Crippen LogP contribution in [0.5, 0.6) is 0 Å². The summed E-state index contributed by atoms with van der Waals surface area (Å²) < 4.78 is 4.96. The highest BCUT2D eigenvalue weighted by Crippen LogP contribution is 2.20. The molecule has 1 aliphatic rings. The normalized spacial score (nSPS) is 21.3. The van der Waals surface area contributed by atoms with Gasteiger partial charge in [-0.05, 0) is 31.4 Å². The fourth-order valence-electron chi connectivity index (χ4n) is 2.63. The molecule has 1 saturated heterocycles. The number of ether oxygens (including phenoxy) is 1. The summed E-state index contributed by atoms with van der Waals surface area (Å²) >= 11 is 0. The van der Waals surface area contributed by atoms with Crippen LogP contribution >= 0.6 is 0 Å². The molecule has 2 atom stereocenters. The zero-order valence-electron chi connectivity index (χ0n) is 10.9. The van der Waals surface area contributed by atoms with E-state index in [1.165, 1.54) is 25.5 Å². The predicted molar refractivity (Wildman–Crippen MR) is 71.3 cm³/mol. The van der Waals surface area contributed by atoms with Crippen LogP contribution in [0.4, 0.5) is 0 Å². The van der Waals surface area contributed by atoms with E-state index in [1.54, 1.807) is 0 Å².